The third kappa shape index (κ3) is 4.39. The molecule has 0 saturated carbocycles. The van der Waals surface area contributed by atoms with Gasteiger partial charge in [-0.3, -0.25) is 0 Å². The highest BCUT2D eigenvalue weighted by Crippen LogP contribution is 2.09. The first-order chi connectivity index (χ1) is 9.61. The van der Waals surface area contributed by atoms with Crippen molar-refractivity contribution in [2.45, 2.75) is 19.9 Å². The molecule has 8 heteroatoms. The highest BCUT2D eigenvalue weighted by atomic mass is 32.2. The van der Waals surface area contributed by atoms with E-state index in [1.807, 2.05) is 11.8 Å². The van der Waals surface area contributed by atoms with E-state index in [4.69, 9.17) is 4.74 Å². The van der Waals surface area contributed by atoms with Crippen LogP contribution in [-0.2, 0) is 21.3 Å². The Kier molecular flexibility index (Phi) is 5.27. The van der Waals surface area contributed by atoms with Gasteiger partial charge in [-0.25, -0.2) is 23.1 Å². The third-order valence-corrected chi connectivity index (χ3v) is 4.47. The van der Waals surface area contributed by atoms with Crippen molar-refractivity contribution in [2.75, 3.05) is 37.0 Å². The molecule has 0 amide bonds. The average Bonchev–Trinajstić information content (AvgIpc) is 2.47. The molecule has 1 aromatic rings. The fourth-order valence-electron chi connectivity index (χ4n) is 1.92. The molecule has 112 valence electrons. The minimum atomic E-state index is -3.21. The molecular weight excluding hydrogens is 280 g/mol. The summed E-state index contributed by atoms with van der Waals surface area (Å²) in [5.74, 6) is 0.759. The molecule has 2 heterocycles. The van der Waals surface area contributed by atoms with Gasteiger partial charge in [0.05, 0.1) is 31.2 Å². The van der Waals surface area contributed by atoms with E-state index in [0.717, 1.165) is 13.1 Å². The third-order valence-electron chi connectivity index (χ3n) is 2.94. The van der Waals surface area contributed by atoms with E-state index in [9.17, 15) is 8.42 Å². The first kappa shape index (κ1) is 15.1. The average molecular weight is 300 g/mol. The maximum absolute atomic E-state index is 11.6. The number of nitrogens with one attached hydrogen (secondary N) is 1. The number of hydrogen-bond donors (Lipinski definition) is 1. The number of ether oxygens (including phenoxy) is 1. The van der Waals surface area contributed by atoms with E-state index in [1.54, 1.807) is 12.3 Å². The summed E-state index contributed by atoms with van der Waals surface area (Å²) in [7, 11) is -3.21. The number of nitrogens with zero attached hydrogens (tertiary/aromatic N) is 3. The van der Waals surface area contributed by atoms with Crippen LogP contribution in [0.15, 0.2) is 12.3 Å². The molecular formula is C12H20N4O3S. The maximum Gasteiger partial charge on any atom is 0.225 e. The second-order valence-corrected chi connectivity index (χ2v) is 6.51. The van der Waals surface area contributed by atoms with Crippen molar-refractivity contribution >= 4 is 16.0 Å². The van der Waals surface area contributed by atoms with Gasteiger partial charge in [0.15, 0.2) is 0 Å². The van der Waals surface area contributed by atoms with Crippen molar-refractivity contribution in [1.82, 2.24) is 14.7 Å². The van der Waals surface area contributed by atoms with Crippen LogP contribution in [0.1, 0.15) is 19.0 Å². The van der Waals surface area contributed by atoms with Crippen LogP contribution in [-0.4, -0.2) is 50.4 Å². The Morgan fingerprint density at radius 1 is 1.40 bits per heavy atom. The van der Waals surface area contributed by atoms with E-state index in [1.165, 1.54) is 0 Å². The van der Waals surface area contributed by atoms with Gasteiger partial charge in [0.1, 0.15) is 0 Å². The lowest BCUT2D eigenvalue weighted by Gasteiger charge is -2.26. The van der Waals surface area contributed by atoms with Crippen molar-refractivity contribution in [3.63, 3.8) is 0 Å². The zero-order valence-corrected chi connectivity index (χ0v) is 12.4. The van der Waals surface area contributed by atoms with E-state index < -0.39 is 10.0 Å². The second-order valence-electron chi connectivity index (χ2n) is 4.59. The lowest BCUT2D eigenvalue weighted by molar-refractivity contribution is 0.122. The van der Waals surface area contributed by atoms with Crippen LogP contribution in [0.25, 0.3) is 0 Å². The summed E-state index contributed by atoms with van der Waals surface area (Å²) < 4.78 is 31.0. The number of sulfonamides is 1. The second kappa shape index (κ2) is 6.96. The molecule has 2 rings (SSSR count). The number of hydrogen-bond acceptors (Lipinski definition) is 6. The predicted molar refractivity (Wildman–Crippen MR) is 76.0 cm³/mol. The molecule has 1 aliphatic heterocycles. The molecule has 0 aromatic carbocycles. The smallest absolute Gasteiger partial charge is 0.225 e. The van der Waals surface area contributed by atoms with Crippen LogP contribution in [0, 0.1) is 0 Å². The van der Waals surface area contributed by atoms with Crippen LogP contribution in [0.2, 0.25) is 0 Å². The van der Waals surface area contributed by atoms with Crippen LogP contribution >= 0.6 is 0 Å². The summed E-state index contributed by atoms with van der Waals surface area (Å²) >= 11 is 0. The minimum Gasteiger partial charge on any atom is -0.378 e. The molecule has 0 spiro atoms. The van der Waals surface area contributed by atoms with Gasteiger partial charge in [-0.2, -0.15) is 0 Å². The van der Waals surface area contributed by atoms with Gasteiger partial charge in [0.2, 0.25) is 16.0 Å². The van der Waals surface area contributed by atoms with E-state index >= 15 is 0 Å². The van der Waals surface area contributed by atoms with E-state index in [-0.39, 0.29) is 12.3 Å². The largest absolute Gasteiger partial charge is 0.378 e. The van der Waals surface area contributed by atoms with Gasteiger partial charge in [-0.1, -0.05) is 6.92 Å². The molecule has 0 aliphatic carbocycles. The van der Waals surface area contributed by atoms with Crippen molar-refractivity contribution in [3.05, 3.63) is 18.0 Å². The monoisotopic (exact) mass is 300 g/mol. The highest BCUT2D eigenvalue weighted by molar-refractivity contribution is 7.89. The summed E-state index contributed by atoms with van der Waals surface area (Å²) in [4.78, 5) is 10.7. The topological polar surface area (TPSA) is 84.4 Å². The minimum absolute atomic E-state index is 0.133. The Morgan fingerprint density at radius 2 is 2.15 bits per heavy atom. The predicted octanol–water partition coefficient (Wildman–Crippen LogP) is 0.143. The van der Waals surface area contributed by atoms with E-state index in [0.29, 0.717) is 31.3 Å². The molecule has 7 nitrogen and oxygen atoms in total. The molecule has 20 heavy (non-hydrogen) atoms. The van der Waals surface area contributed by atoms with Gasteiger partial charge in [0, 0.05) is 19.3 Å². The molecule has 0 atom stereocenters. The Bertz CT molecular complexity index is 529. The maximum atomic E-state index is 11.6. The fourth-order valence-corrected chi connectivity index (χ4v) is 2.97. The Hall–Kier alpha value is -1.25. The molecule has 0 unspecified atom stereocenters. The number of rotatable bonds is 6. The fraction of sp³-hybridized carbons (Fsp3) is 0.667. The zero-order chi connectivity index (χ0) is 14.4. The summed E-state index contributed by atoms with van der Waals surface area (Å²) in [6.45, 7) is 4.87. The lowest BCUT2D eigenvalue weighted by atomic mass is 10.4. The SMILES string of the molecule is CCCS(=O)(=O)NCc1ccnc(N2CCOCC2)n1. The summed E-state index contributed by atoms with van der Waals surface area (Å²) in [6, 6.07) is 1.72. The Labute approximate surface area is 119 Å². The van der Waals surface area contributed by atoms with Crippen LogP contribution in [0.5, 0.6) is 0 Å². The van der Waals surface area contributed by atoms with Gasteiger partial charge in [0.25, 0.3) is 0 Å². The quantitative estimate of drug-likeness (QED) is 0.804. The molecule has 1 aromatic heterocycles. The first-order valence-electron chi connectivity index (χ1n) is 6.72. The number of morpholine rings is 1. The van der Waals surface area contributed by atoms with Gasteiger partial charge in [-0.15, -0.1) is 0 Å². The standard InChI is InChI=1S/C12H20N4O3S/c1-2-9-20(17,18)14-10-11-3-4-13-12(15-11)16-5-7-19-8-6-16/h3-4,14H,2,5-10H2,1H3. The van der Waals surface area contributed by atoms with Gasteiger partial charge < -0.3 is 9.64 Å². The van der Waals surface area contributed by atoms with Crippen LogP contribution in [0.3, 0.4) is 0 Å². The Balaban J connectivity index is 1.99. The first-order valence-corrected chi connectivity index (χ1v) is 8.38. The normalized spacial score (nSPS) is 16.4. The molecule has 1 N–H and O–H groups in total. The lowest BCUT2D eigenvalue weighted by Crippen LogP contribution is -2.37. The van der Waals surface area contributed by atoms with Crippen molar-refractivity contribution in [1.29, 1.82) is 0 Å². The highest BCUT2D eigenvalue weighted by Gasteiger charge is 2.14. The van der Waals surface area contributed by atoms with Crippen molar-refractivity contribution in [2.24, 2.45) is 0 Å². The van der Waals surface area contributed by atoms with E-state index in [2.05, 4.69) is 14.7 Å². The zero-order valence-electron chi connectivity index (χ0n) is 11.6. The summed E-state index contributed by atoms with van der Waals surface area (Å²) in [6.07, 6.45) is 2.25. The van der Waals surface area contributed by atoms with Crippen molar-refractivity contribution < 1.29 is 13.2 Å². The van der Waals surface area contributed by atoms with Crippen molar-refractivity contribution in [3.8, 4) is 0 Å². The molecule has 1 saturated heterocycles. The molecule has 1 aliphatic rings. The number of anilines is 1. The van der Waals surface area contributed by atoms with Gasteiger partial charge >= 0.3 is 0 Å². The molecule has 0 bridgehead atoms. The number of aromatic nitrogens is 2. The molecule has 1 fully saturated rings. The van der Waals surface area contributed by atoms with Gasteiger partial charge in [-0.05, 0) is 12.5 Å². The molecule has 0 radical (unpaired) electrons. The summed E-state index contributed by atoms with van der Waals surface area (Å²) in [5.41, 5.74) is 0.668. The summed E-state index contributed by atoms with van der Waals surface area (Å²) in [5, 5.41) is 0. The Morgan fingerprint density at radius 3 is 2.85 bits per heavy atom. The van der Waals surface area contributed by atoms with Crippen LogP contribution in [0.4, 0.5) is 5.95 Å². The van der Waals surface area contributed by atoms with Crippen LogP contribution < -0.4 is 9.62 Å².